The van der Waals surface area contributed by atoms with Gasteiger partial charge in [0, 0.05) is 58.5 Å². The van der Waals surface area contributed by atoms with Crippen LogP contribution in [0.5, 0.6) is 0 Å². The van der Waals surface area contributed by atoms with Gasteiger partial charge in [-0.3, -0.25) is 19.2 Å². The number of esters is 1. The van der Waals surface area contributed by atoms with Crippen molar-refractivity contribution in [3.05, 3.63) is 53.9 Å². The smallest absolute Gasteiger partial charge is 0.329 e. The second kappa shape index (κ2) is 25.7. The van der Waals surface area contributed by atoms with Gasteiger partial charge in [0.1, 0.15) is 30.1 Å². The Morgan fingerprint density at radius 3 is 2.32 bits per heavy atom. The number of aliphatic hydroxyl groups excluding tert-OH is 1. The van der Waals surface area contributed by atoms with Crippen LogP contribution in [0.4, 0.5) is 0 Å². The van der Waals surface area contributed by atoms with E-state index in [1.54, 1.807) is 45.9 Å². The quantitative estimate of drug-likeness (QED) is 0.181. The SMILES string of the molecule is COC1CC2CCC(C)C(O)(O2)C(=O)C(=O)N2CCCCC2C(=O)O[C@H](C(C)CC2CCC(n3ncnn3)C(OC)C2)CC(=O)C(C)/C=C(\C)C(O)C(OC)C(=O)C(C)CC(C)/C=C/C=CC=C1C. The number of Topliss-reactive ketones (excluding diaryl/α,β-unsaturated/α-hetero) is 3. The molecule has 1 aromatic heterocycles. The van der Waals surface area contributed by atoms with Crippen molar-refractivity contribution in [3.63, 3.8) is 0 Å². The molecular formula is C52H79N5O12. The fraction of sp³-hybridized carbons (Fsp3) is 0.731. The van der Waals surface area contributed by atoms with Gasteiger partial charge in [0.15, 0.2) is 12.1 Å². The van der Waals surface area contributed by atoms with Gasteiger partial charge in [0.25, 0.3) is 11.7 Å². The van der Waals surface area contributed by atoms with Gasteiger partial charge in [-0.2, -0.15) is 4.80 Å². The van der Waals surface area contributed by atoms with Crippen molar-refractivity contribution >= 4 is 29.2 Å². The summed E-state index contributed by atoms with van der Waals surface area (Å²) in [5, 5.41) is 35.7. The number of hydrogen-bond acceptors (Lipinski definition) is 15. The lowest BCUT2D eigenvalue weighted by atomic mass is 9.77. The molecule has 3 fully saturated rings. The van der Waals surface area contributed by atoms with Gasteiger partial charge in [-0.1, -0.05) is 71.1 Å². The molecule has 1 aliphatic carbocycles. The summed E-state index contributed by atoms with van der Waals surface area (Å²) in [4.78, 5) is 73.9. The Hall–Kier alpha value is -4.26. The van der Waals surface area contributed by atoms with Crippen molar-refractivity contribution < 1.29 is 57.9 Å². The second-order valence-corrected chi connectivity index (χ2v) is 20.3. The zero-order chi connectivity index (χ0) is 50.6. The van der Waals surface area contributed by atoms with Crippen LogP contribution in [-0.2, 0) is 47.7 Å². The average Bonchev–Trinajstić information content (AvgIpc) is 3.88. The minimum atomic E-state index is -2.43. The molecule has 5 rings (SSSR count). The maximum absolute atomic E-state index is 14.5. The highest BCUT2D eigenvalue weighted by atomic mass is 16.6. The number of aliphatic hydroxyl groups is 2. The number of nitrogens with zero attached hydrogens (tertiary/aromatic N) is 5. The molecule has 384 valence electrons. The Kier molecular flexibility index (Phi) is 20.8. The topological polar surface area (TPSA) is 219 Å². The molecule has 4 aliphatic rings. The van der Waals surface area contributed by atoms with E-state index in [0.29, 0.717) is 56.9 Å². The lowest BCUT2D eigenvalue weighted by Gasteiger charge is -2.42. The number of piperidine rings is 1. The summed E-state index contributed by atoms with van der Waals surface area (Å²) in [6.07, 6.45) is 13.7. The lowest BCUT2D eigenvalue weighted by molar-refractivity contribution is -0.265. The molecule has 69 heavy (non-hydrogen) atoms. The number of fused-ring (bicyclic) bond motifs is 3. The summed E-state index contributed by atoms with van der Waals surface area (Å²) in [7, 11) is 4.61. The number of carbonyl (C=O) groups excluding carboxylic acids is 5. The number of amides is 1. The van der Waals surface area contributed by atoms with Crippen molar-refractivity contribution in [2.24, 2.45) is 35.5 Å². The predicted octanol–water partition coefficient (Wildman–Crippen LogP) is 6.05. The number of ether oxygens (including phenoxy) is 5. The first kappa shape index (κ1) is 55.7. The first-order chi connectivity index (χ1) is 32.8. The molecule has 1 amide bonds. The molecule has 1 aromatic rings. The van der Waals surface area contributed by atoms with Crippen LogP contribution in [0.25, 0.3) is 0 Å². The number of cyclic esters (lactones) is 1. The molecule has 0 aromatic carbocycles. The third-order valence-electron chi connectivity index (χ3n) is 15.1. The molecule has 2 saturated heterocycles. The van der Waals surface area contributed by atoms with Crippen LogP contribution in [0.3, 0.4) is 0 Å². The molecule has 2 N–H and O–H groups in total. The van der Waals surface area contributed by atoms with Crippen molar-refractivity contribution in [1.82, 2.24) is 25.1 Å². The van der Waals surface area contributed by atoms with Crippen LogP contribution in [0, 0.1) is 35.5 Å². The Bertz CT molecular complexity index is 2020. The highest BCUT2D eigenvalue weighted by Gasteiger charge is 2.53. The van der Waals surface area contributed by atoms with E-state index in [2.05, 4.69) is 15.4 Å². The monoisotopic (exact) mass is 966 g/mol. The molecule has 0 radical (unpaired) electrons. The van der Waals surface area contributed by atoms with Gasteiger partial charge in [-0.25, -0.2) is 4.79 Å². The van der Waals surface area contributed by atoms with Crippen LogP contribution in [0.15, 0.2) is 53.9 Å². The number of ketones is 3. The Balaban J connectivity index is 1.46. The summed E-state index contributed by atoms with van der Waals surface area (Å²) < 4.78 is 29.9. The number of tetrazole rings is 1. The van der Waals surface area contributed by atoms with Crippen molar-refractivity contribution in [2.75, 3.05) is 27.9 Å². The summed E-state index contributed by atoms with van der Waals surface area (Å²) in [5.74, 6) is -7.94. The van der Waals surface area contributed by atoms with E-state index in [9.17, 15) is 34.2 Å². The van der Waals surface area contributed by atoms with Crippen molar-refractivity contribution in [3.8, 4) is 0 Å². The second-order valence-electron chi connectivity index (χ2n) is 20.3. The molecule has 17 nitrogen and oxygen atoms in total. The van der Waals surface area contributed by atoms with Crippen LogP contribution in [-0.4, -0.2) is 141 Å². The molecule has 3 aliphatic heterocycles. The summed E-state index contributed by atoms with van der Waals surface area (Å²) >= 11 is 0. The van der Waals surface area contributed by atoms with Crippen LogP contribution in [0.1, 0.15) is 132 Å². The number of aromatic nitrogens is 4. The van der Waals surface area contributed by atoms with Gasteiger partial charge in [0.05, 0.1) is 24.4 Å². The van der Waals surface area contributed by atoms with E-state index < -0.39 is 77.8 Å². The van der Waals surface area contributed by atoms with Crippen LogP contribution < -0.4 is 0 Å². The first-order valence-electron chi connectivity index (χ1n) is 25.0. The number of carbonyl (C=O) groups is 5. The van der Waals surface area contributed by atoms with Gasteiger partial charge in [-0.05, 0) is 112 Å². The summed E-state index contributed by atoms with van der Waals surface area (Å²) in [6.45, 7) is 12.8. The number of hydrogen-bond donors (Lipinski definition) is 2. The molecule has 14 unspecified atom stereocenters. The lowest BCUT2D eigenvalue weighted by Crippen LogP contribution is -2.61. The van der Waals surface area contributed by atoms with E-state index in [0.717, 1.165) is 18.4 Å². The zero-order valence-electron chi connectivity index (χ0n) is 42.5. The minimum Gasteiger partial charge on any atom is -0.460 e. The van der Waals surface area contributed by atoms with Gasteiger partial charge < -0.3 is 38.8 Å². The number of rotatable bonds is 7. The molecule has 15 atom stereocenters. The molecule has 17 heteroatoms. The Morgan fingerprint density at radius 2 is 1.64 bits per heavy atom. The van der Waals surface area contributed by atoms with Gasteiger partial charge >= 0.3 is 5.97 Å². The highest BCUT2D eigenvalue weighted by Crippen LogP contribution is 2.39. The van der Waals surface area contributed by atoms with Gasteiger partial charge in [0.2, 0.25) is 5.79 Å². The standard InChI is InChI=1S/C52H79N5O12/c1-31-16-12-11-13-17-32(2)43(65-8)28-39-21-19-37(7)52(64,69-39)49(61)50(62)56-23-15-14-18-41(56)51(63)68-44(34(4)26-38-20-22-40(45(27-38)66-9)57-54-30-53-55-57)29-42(58)33(3)25-36(6)47(60)48(67-10)46(59)35(5)24-31/h11-13,16-17,25,30-31,33-35,37-41,43-45,47-48,60,64H,14-15,18-24,26-29H2,1-10H3/b13-11?,16-12+,32-17?,36-25+/t31?,33?,34?,35?,37?,38?,39?,40?,41?,43?,44-,45?,47?,48?,52?/m0/s1. The van der Waals surface area contributed by atoms with E-state index in [1.165, 1.54) is 18.3 Å². The van der Waals surface area contributed by atoms with E-state index in [-0.39, 0.29) is 60.9 Å². The van der Waals surface area contributed by atoms with E-state index >= 15 is 0 Å². The van der Waals surface area contributed by atoms with Crippen molar-refractivity contribution in [1.29, 1.82) is 0 Å². The molecule has 2 bridgehead atoms. The summed E-state index contributed by atoms with van der Waals surface area (Å²) in [5.41, 5.74) is 1.27. The first-order valence-corrected chi connectivity index (χ1v) is 25.0. The average molecular weight is 966 g/mol. The fourth-order valence-corrected chi connectivity index (χ4v) is 10.7. The van der Waals surface area contributed by atoms with Gasteiger partial charge in [-0.15, -0.1) is 10.2 Å². The zero-order valence-corrected chi connectivity index (χ0v) is 42.5. The molecule has 0 spiro atoms. The third-order valence-corrected chi connectivity index (χ3v) is 15.1. The van der Waals surface area contributed by atoms with Crippen molar-refractivity contribution in [2.45, 2.75) is 180 Å². The fourth-order valence-electron chi connectivity index (χ4n) is 10.7. The Labute approximate surface area is 408 Å². The largest absolute Gasteiger partial charge is 0.460 e. The number of methoxy groups -OCH3 is 3. The molecule has 1 saturated carbocycles. The molecular weight excluding hydrogens is 887 g/mol. The number of allylic oxidation sites excluding steroid dienone is 6. The van der Waals surface area contributed by atoms with E-state index in [4.69, 9.17) is 23.7 Å². The van der Waals surface area contributed by atoms with Crippen LogP contribution in [0.2, 0.25) is 0 Å². The Morgan fingerprint density at radius 1 is 0.884 bits per heavy atom. The minimum absolute atomic E-state index is 0.0168. The predicted molar refractivity (Wildman–Crippen MR) is 256 cm³/mol. The third kappa shape index (κ3) is 14.2. The van der Waals surface area contributed by atoms with Crippen LogP contribution >= 0.6 is 0 Å². The maximum Gasteiger partial charge on any atom is 0.329 e. The molecule has 4 heterocycles. The summed E-state index contributed by atoms with van der Waals surface area (Å²) in [6, 6.07) is -1.24. The maximum atomic E-state index is 14.5. The highest BCUT2D eigenvalue weighted by molar-refractivity contribution is 6.39. The van der Waals surface area contributed by atoms with E-state index in [1.807, 2.05) is 58.1 Å². The normalized spacial score (nSPS) is 37.5.